The van der Waals surface area contributed by atoms with Crippen molar-refractivity contribution < 1.29 is 22.1 Å². The third-order valence-corrected chi connectivity index (χ3v) is 7.25. The van der Waals surface area contributed by atoms with Gasteiger partial charge in [0.2, 0.25) is 0 Å². The van der Waals surface area contributed by atoms with Gasteiger partial charge in [-0.15, -0.1) is 0 Å². The van der Waals surface area contributed by atoms with Gasteiger partial charge in [-0.1, -0.05) is 64.0 Å². The molecule has 0 aliphatic carbocycles. The lowest BCUT2D eigenvalue weighted by Gasteiger charge is -2.11. The highest BCUT2D eigenvalue weighted by Crippen LogP contribution is 2.29. The zero-order valence-corrected chi connectivity index (χ0v) is 23.2. The van der Waals surface area contributed by atoms with Gasteiger partial charge in [0.1, 0.15) is 34.6 Å². The molecule has 0 aliphatic rings. The number of carbonyl (C=O) groups excluding carboxylic acids is 1. The second-order valence-electron chi connectivity index (χ2n) is 8.46. The summed E-state index contributed by atoms with van der Waals surface area (Å²) in [6.45, 7) is 2.25. The van der Waals surface area contributed by atoms with E-state index in [1.54, 1.807) is 48.5 Å². The molecular weight excluding hydrogens is 580 g/mol. The summed E-state index contributed by atoms with van der Waals surface area (Å²) in [6.07, 6.45) is 1.28. The van der Waals surface area contributed by atoms with E-state index in [1.807, 2.05) is 43.3 Å². The number of benzene rings is 4. The summed E-state index contributed by atoms with van der Waals surface area (Å²) in [6, 6.07) is 29.2. The number of aryl methyl sites for hydroxylation is 1. The van der Waals surface area contributed by atoms with Crippen LogP contribution >= 0.6 is 15.9 Å². The molecule has 0 unspecified atom stereocenters. The van der Waals surface area contributed by atoms with Crippen LogP contribution in [0.5, 0.6) is 11.5 Å². The molecule has 4 aromatic rings. The molecule has 4 rings (SSSR count). The fourth-order valence-corrected chi connectivity index (χ4v) is 4.79. The number of nitrogens with zero attached hydrogens (tertiary/aromatic N) is 1. The lowest BCUT2D eigenvalue weighted by Crippen LogP contribution is -2.14. The Morgan fingerprint density at radius 1 is 0.974 bits per heavy atom. The van der Waals surface area contributed by atoms with Crippen molar-refractivity contribution in [2.75, 3.05) is 5.32 Å². The Morgan fingerprint density at radius 3 is 2.33 bits per heavy atom. The van der Waals surface area contributed by atoms with Crippen LogP contribution < -0.4 is 14.2 Å². The smallest absolute Gasteiger partial charge is 0.339 e. The van der Waals surface area contributed by atoms with Crippen LogP contribution in [0.2, 0.25) is 0 Å². The number of nitrogens with one attached hydrogen (secondary N) is 1. The minimum absolute atomic E-state index is 0.0135. The Hall–Kier alpha value is -4.39. The predicted octanol–water partition coefficient (Wildman–Crippen LogP) is 6.65. The molecule has 0 aliphatic heterocycles. The molecule has 0 saturated heterocycles. The van der Waals surface area contributed by atoms with Crippen LogP contribution in [0.4, 0.5) is 5.69 Å². The summed E-state index contributed by atoms with van der Waals surface area (Å²) in [7, 11) is -4.14. The second kappa shape index (κ2) is 12.4. The van der Waals surface area contributed by atoms with Crippen LogP contribution in [0.3, 0.4) is 0 Å². The van der Waals surface area contributed by atoms with Gasteiger partial charge in [-0.2, -0.15) is 13.7 Å². The first-order valence-electron chi connectivity index (χ1n) is 11.7. The molecule has 39 heavy (non-hydrogen) atoms. The quantitative estimate of drug-likeness (QED) is 0.131. The predicted molar refractivity (Wildman–Crippen MR) is 153 cm³/mol. The highest BCUT2D eigenvalue weighted by atomic mass is 79.9. The molecule has 1 amide bonds. The van der Waals surface area contributed by atoms with Crippen molar-refractivity contribution in [3.63, 3.8) is 0 Å². The maximum atomic E-state index is 12.9. The Kier molecular flexibility index (Phi) is 8.81. The van der Waals surface area contributed by atoms with Gasteiger partial charge in [0.05, 0.1) is 0 Å². The number of rotatable bonds is 9. The zero-order valence-electron chi connectivity index (χ0n) is 20.8. The SMILES string of the molecule is Cc1ccc(S(=O)(=O)Oc2ccc(Br)cc2/C=C(\C#N)C(=O)Nc2ccc(OCc3ccccc3)cc2)cc1. The van der Waals surface area contributed by atoms with Gasteiger partial charge < -0.3 is 14.2 Å². The summed E-state index contributed by atoms with van der Waals surface area (Å²) < 4.78 is 37.4. The van der Waals surface area contributed by atoms with Crippen LogP contribution in [0.15, 0.2) is 112 Å². The number of ether oxygens (including phenoxy) is 1. The van der Waals surface area contributed by atoms with Gasteiger partial charge >= 0.3 is 10.1 Å². The summed E-state index contributed by atoms with van der Waals surface area (Å²) >= 11 is 3.34. The molecule has 196 valence electrons. The van der Waals surface area contributed by atoms with E-state index >= 15 is 0 Å². The van der Waals surface area contributed by atoms with E-state index in [-0.39, 0.29) is 21.8 Å². The van der Waals surface area contributed by atoms with E-state index in [9.17, 15) is 18.5 Å². The van der Waals surface area contributed by atoms with Crippen molar-refractivity contribution >= 4 is 43.7 Å². The summed E-state index contributed by atoms with van der Waals surface area (Å²) in [5, 5.41) is 12.4. The molecule has 0 aromatic heterocycles. The normalized spacial score (nSPS) is 11.4. The van der Waals surface area contributed by atoms with Crippen LogP contribution in [0.1, 0.15) is 16.7 Å². The fourth-order valence-electron chi connectivity index (χ4n) is 3.46. The summed E-state index contributed by atoms with van der Waals surface area (Å²) in [4.78, 5) is 12.9. The number of carbonyl (C=O) groups is 1. The zero-order chi connectivity index (χ0) is 27.8. The van der Waals surface area contributed by atoms with Crippen molar-refractivity contribution in [3.8, 4) is 17.6 Å². The van der Waals surface area contributed by atoms with Crippen LogP contribution in [-0.2, 0) is 21.5 Å². The standard InChI is InChI=1S/C30H23BrN2O5S/c1-21-7-14-28(15-8-21)39(35,36)38-29-16-9-25(31)18-23(29)17-24(19-32)30(34)33-26-10-12-27(13-11-26)37-20-22-5-3-2-4-6-22/h2-18H,20H2,1H3,(H,33,34)/b24-17+. The Balaban J connectivity index is 1.49. The molecule has 0 fully saturated rings. The number of nitriles is 1. The van der Waals surface area contributed by atoms with Gasteiger partial charge in [-0.05, 0) is 73.2 Å². The van der Waals surface area contributed by atoms with Crippen molar-refractivity contribution in [2.24, 2.45) is 0 Å². The number of halogens is 1. The molecule has 0 saturated carbocycles. The summed E-state index contributed by atoms with van der Waals surface area (Å²) in [5.41, 5.74) is 2.38. The van der Waals surface area contributed by atoms with E-state index in [1.165, 1.54) is 24.3 Å². The third kappa shape index (κ3) is 7.57. The van der Waals surface area contributed by atoms with E-state index in [2.05, 4.69) is 21.2 Å². The lowest BCUT2D eigenvalue weighted by atomic mass is 10.1. The summed E-state index contributed by atoms with van der Waals surface area (Å²) in [5.74, 6) is -0.0689. The first-order chi connectivity index (χ1) is 18.7. The van der Waals surface area contributed by atoms with Crippen LogP contribution in [-0.4, -0.2) is 14.3 Å². The van der Waals surface area contributed by atoms with Crippen molar-refractivity contribution in [1.29, 1.82) is 5.26 Å². The Labute approximate surface area is 235 Å². The number of anilines is 1. The van der Waals surface area contributed by atoms with Crippen molar-refractivity contribution in [3.05, 3.63) is 124 Å². The molecule has 0 atom stereocenters. The molecule has 0 bridgehead atoms. The third-order valence-electron chi connectivity index (χ3n) is 5.51. The molecule has 0 radical (unpaired) electrons. The van der Waals surface area contributed by atoms with Gasteiger partial charge in [0.25, 0.3) is 5.91 Å². The molecule has 7 nitrogen and oxygen atoms in total. The minimum Gasteiger partial charge on any atom is -0.489 e. The lowest BCUT2D eigenvalue weighted by molar-refractivity contribution is -0.112. The molecule has 9 heteroatoms. The average molecular weight is 603 g/mol. The van der Waals surface area contributed by atoms with Gasteiger partial charge in [0, 0.05) is 15.7 Å². The maximum absolute atomic E-state index is 12.9. The molecule has 4 aromatic carbocycles. The molecule has 0 heterocycles. The van der Waals surface area contributed by atoms with Crippen LogP contribution in [0.25, 0.3) is 6.08 Å². The van der Waals surface area contributed by atoms with E-state index in [4.69, 9.17) is 8.92 Å². The van der Waals surface area contributed by atoms with Gasteiger partial charge in [-0.25, -0.2) is 0 Å². The molecular formula is C30H23BrN2O5S. The first-order valence-corrected chi connectivity index (χ1v) is 13.9. The highest BCUT2D eigenvalue weighted by molar-refractivity contribution is 9.10. The topological polar surface area (TPSA) is 105 Å². The Bertz CT molecular complexity index is 1640. The Morgan fingerprint density at radius 2 is 1.67 bits per heavy atom. The molecule has 1 N–H and O–H groups in total. The second-order valence-corrected chi connectivity index (χ2v) is 10.9. The monoisotopic (exact) mass is 602 g/mol. The maximum Gasteiger partial charge on any atom is 0.339 e. The van der Waals surface area contributed by atoms with E-state index in [0.29, 0.717) is 22.5 Å². The largest absolute Gasteiger partial charge is 0.489 e. The number of amides is 1. The average Bonchev–Trinajstić information content (AvgIpc) is 2.93. The minimum atomic E-state index is -4.14. The van der Waals surface area contributed by atoms with Gasteiger partial charge in [0.15, 0.2) is 0 Å². The van der Waals surface area contributed by atoms with Gasteiger partial charge in [-0.3, -0.25) is 4.79 Å². The van der Waals surface area contributed by atoms with E-state index in [0.717, 1.165) is 11.1 Å². The number of hydrogen-bond donors (Lipinski definition) is 1. The van der Waals surface area contributed by atoms with Crippen LogP contribution in [0, 0.1) is 18.3 Å². The van der Waals surface area contributed by atoms with Crippen molar-refractivity contribution in [2.45, 2.75) is 18.4 Å². The number of hydrogen-bond acceptors (Lipinski definition) is 6. The van der Waals surface area contributed by atoms with E-state index < -0.39 is 16.0 Å². The van der Waals surface area contributed by atoms with Crippen molar-refractivity contribution in [1.82, 2.24) is 0 Å². The highest BCUT2D eigenvalue weighted by Gasteiger charge is 2.19. The molecule has 0 spiro atoms. The fraction of sp³-hybridized carbons (Fsp3) is 0.0667. The first kappa shape index (κ1) is 27.6.